The molecule has 0 aliphatic rings. The van der Waals surface area contributed by atoms with Crippen LogP contribution in [0, 0.1) is 23.0 Å². The molecule has 66 valence electrons. The van der Waals surface area contributed by atoms with Crippen molar-refractivity contribution >= 4 is 12.6 Å². The first-order valence-electron chi connectivity index (χ1n) is 3.31. The molecule has 0 spiro atoms. The van der Waals surface area contributed by atoms with Gasteiger partial charge in [0.05, 0.1) is 5.56 Å². The SMILES string of the molecule is N#Cc1cc(B(O)O)cc(F)c1F. The molecule has 13 heavy (non-hydrogen) atoms. The minimum absolute atomic E-state index is 0.254. The zero-order valence-corrected chi connectivity index (χ0v) is 6.33. The normalized spacial score (nSPS) is 9.46. The third-order valence-electron chi connectivity index (χ3n) is 1.47. The van der Waals surface area contributed by atoms with E-state index in [9.17, 15) is 8.78 Å². The number of benzene rings is 1. The first-order valence-corrected chi connectivity index (χ1v) is 3.31. The molecule has 0 atom stereocenters. The number of halogens is 2. The van der Waals surface area contributed by atoms with Gasteiger partial charge >= 0.3 is 7.12 Å². The molecule has 0 aliphatic heterocycles. The topological polar surface area (TPSA) is 64.2 Å². The highest BCUT2D eigenvalue weighted by atomic mass is 19.2. The first kappa shape index (κ1) is 9.64. The van der Waals surface area contributed by atoms with E-state index in [4.69, 9.17) is 15.3 Å². The van der Waals surface area contributed by atoms with E-state index in [0.29, 0.717) is 6.07 Å². The van der Waals surface area contributed by atoms with Crippen LogP contribution in [0.15, 0.2) is 12.1 Å². The molecule has 0 radical (unpaired) electrons. The molecule has 3 nitrogen and oxygen atoms in total. The summed E-state index contributed by atoms with van der Waals surface area (Å²) in [5, 5.41) is 25.6. The van der Waals surface area contributed by atoms with Gasteiger partial charge in [0, 0.05) is 0 Å². The quantitative estimate of drug-likeness (QED) is 0.577. The zero-order chi connectivity index (χ0) is 10.0. The van der Waals surface area contributed by atoms with Crippen molar-refractivity contribution in [3.05, 3.63) is 29.3 Å². The fourth-order valence-electron chi connectivity index (χ4n) is 0.840. The van der Waals surface area contributed by atoms with E-state index in [1.165, 1.54) is 6.07 Å². The van der Waals surface area contributed by atoms with Gasteiger partial charge < -0.3 is 10.0 Å². The van der Waals surface area contributed by atoms with Crippen LogP contribution in [0.2, 0.25) is 0 Å². The summed E-state index contributed by atoms with van der Waals surface area (Å²) in [5.41, 5.74) is -0.807. The van der Waals surface area contributed by atoms with Gasteiger partial charge in [0.1, 0.15) is 6.07 Å². The molecule has 2 N–H and O–H groups in total. The van der Waals surface area contributed by atoms with Gasteiger partial charge in [-0.15, -0.1) is 0 Å². The van der Waals surface area contributed by atoms with Gasteiger partial charge in [0.15, 0.2) is 11.6 Å². The molecule has 0 unspecified atom stereocenters. The van der Waals surface area contributed by atoms with Crippen LogP contribution in [-0.2, 0) is 0 Å². The standard InChI is InChI=1S/C7H4BF2NO2/c9-6-2-5(8(12)13)1-4(3-11)7(6)10/h1-2,12-13H. The summed E-state index contributed by atoms with van der Waals surface area (Å²) in [7, 11) is -1.91. The molecule has 0 saturated carbocycles. The van der Waals surface area contributed by atoms with E-state index in [1.807, 2.05) is 0 Å². The second kappa shape index (κ2) is 3.52. The fraction of sp³-hybridized carbons (Fsp3) is 0. The average Bonchev–Trinajstić information content (AvgIpc) is 2.09. The van der Waals surface area contributed by atoms with Crippen LogP contribution in [0.1, 0.15) is 5.56 Å². The smallest absolute Gasteiger partial charge is 0.423 e. The number of hydrogen-bond acceptors (Lipinski definition) is 3. The molecular formula is C7H4BF2NO2. The highest BCUT2D eigenvalue weighted by molar-refractivity contribution is 6.58. The molecule has 0 heterocycles. The molecule has 1 aromatic carbocycles. The summed E-state index contributed by atoms with van der Waals surface area (Å²) in [6.07, 6.45) is 0. The zero-order valence-electron chi connectivity index (χ0n) is 6.33. The molecule has 1 aromatic rings. The third-order valence-corrected chi connectivity index (χ3v) is 1.47. The van der Waals surface area contributed by atoms with Crippen molar-refractivity contribution < 1.29 is 18.8 Å². The van der Waals surface area contributed by atoms with Gasteiger partial charge in [0.2, 0.25) is 0 Å². The van der Waals surface area contributed by atoms with Crippen LogP contribution in [0.25, 0.3) is 0 Å². The Balaban J connectivity index is 3.32. The summed E-state index contributed by atoms with van der Waals surface area (Å²) in [6.45, 7) is 0. The minimum Gasteiger partial charge on any atom is -0.423 e. The maximum atomic E-state index is 12.7. The monoisotopic (exact) mass is 183 g/mol. The van der Waals surface area contributed by atoms with Gasteiger partial charge in [0.25, 0.3) is 0 Å². The maximum absolute atomic E-state index is 12.7. The summed E-state index contributed by atoms with van der Waals surface area (Å²) >= 11 is 0. The largest absolute Gasteiger partial charge is 0.488 e. The van der Waals surface area contributed by atoms with Crippen LogP contribution < -0.4 is 5.46 Å². The van der Waals surface area contributed by atoms with E-state index in [-0.39, 0.29) is 5.46 Å². The Morgan fingerprint density at radius 3 is 2.38 bits per heavy atom. The molecule has 0 saturated heterocycles. The summed E-state index contributed by atoms with van der Waals surface area (Å²) in [6, 6.07) is 2.90. The lowest BCUT2D eigenvalue weighted by Gasteiger charge is -2.01. The summed E-state index contributed by atoms with van der Waals surface area (Å²) in [5.74, 6) is -2.56. The predicted molar refractivity (Wildman–Crippen MR) is 40.9 cm³/mol. The number of rotatable bonds is 1. The molecule has 0 fully saturated rings. The number of nitrogens with zero attached hydrogens (tertiary/aromatic N) is 1. The third kappa shape index (κ3) is 1.83. The number of nitriles is 1. The Hall–Kier alpha value is -1.45. The van der Waals surface area contributed by atoms with Gasteiger partial charge in [-0.2, -0.15) is 5.26 Å². The van der Waals surface area contributed by atoms with Crippen molar-refractivity contribution in [3.63, 3.8) is 0 Å². The second-order valence-electron chi connectivity index (χ2n) is 2.35. The molecule has 0 bridgehead atoms. The summed E-state index contributed by atoms with van der Waals surface area (Å²) in [4.78, 5) is 0. The summed E-state index contributed by atoms with van der Waals surface area (Å²) < 4.78 is 25.3. The van der Waals surface area contributed by atoms with Crippen molar-refractivity contribution in [3.8, 4) is 6.07 Å². The van der Waals surface area contributed by atoms with E-state index < -0.39 is 24.3 Å². The van der Waals surface area contributed by atoms with Gasteiger partial charge in [-0.3, -0.25) is 0 Å². The lowest BCUT2D eigenvalue weighted by Crippen LogP contribution is -2.30. The Kier molecular flexibility index (Phi) is 2.61. The lowest BCUT2D eigenvalue weighted by atomic mass is 9.79. The molecule has 0 aliphatic carbocycles. The Bertz CT molecular complexity index is 375. The van der Waals surface area contributed by atoms with Gasteiger partial charge in [-0.25, -0.2) is 8.78 Å². The average molecular weight is 183 g/mol. The Morgan fingerprint density at radius 2 is 1.92 bits per heavy atom. The van der Waals surface area contributed by atoms with E-state index in [0.717, 1.165) is 6.07 Å². The highest BCUT2D eigenvalue weighted by Gasteiger charge is 2.17. The highest BCUT2D eigenvalue weighted by Crippen LogP contribution is 2.08. The Morgan fingerprint density at radius 1 is 1.31 bits per heavy atom. The van der Waals surface area contributed by atoms with Crippen LogP contribution >= 0.6 is 0 Å². The number of hydrogen-bond donors (Lipinski definition) is 2. The van der Waals surface area contributed by atoms with E-state index in [2.05, 4.69) is 0 Å². The van der Waals surface area contributed by atoms with Crippen molar-refractivity contribution in [2.45, 2.75) is 0 Å². The van der Waals surface area contributed by atoms with Crippen LogP contribution in [0.5, 0.6) is 0 Å². The van der Waals surface area contributed by atoms with E-state index >= 15 is 0 Å². The molecule has 0 amide bonds. The van der Waals surface area contributed by atoms with Crippen LogP contribution in [0.4, 0.5) is 8.78 Å². The van der Waals surface area contributed by atoms with Gasteiger partial charge in [-0.1, -0.05) is 0 Å². The van der Waals surface area contributed by atoms with Crippen molar-refractivity contribution in [2.24, 2.45) is 0 Å². The fourth-order valence-corrected chi connectivity index (χ4v) is 0.840. The van der Waals surface area contributed by atoms with E-state index in [1.54, 1.807) is 0 Å². The second-order valence-corrected chi connectivity index (χ2v) is 2.35. The Labute approximate surface area is 73.0 Å². The predicted octanol–water partition coefficient (Wildman–Crippen LogP) is -0.484. The molecule has 6 heteroatoms. The minimum atomic E-state index is -1.91. The molecule has 1 rings (SSSR count). The molecular weight excluding hydrogens is 179 g/mol. The lowest BCUT2D eigenvalue weighted by molar-refractivity contribution is 0.425. The van der Waals surface area contributed by atoms with Crippen LogP contribution in [-0.4, -0.2) is 17.2 Å². The molecule has 0 aromatic heterocycles. The van der Waals surface area contributed by atoms with Crippen LogP contribution in [0.3, 0.4) is 0 Å². The van der Waals surface area contributed by atoms with Crippen molar-refractivity contribution in [2.75, 3.05) is 0 Å². The van der Waals surface area contributed by atoms with Crippen molar-refractivity contribution in [1.82, 2.24) is 0 Å². The first-order chi connectivity index (χ1) is 6.06. The van der Waals surface area contributed by atoms with Crippen molar-refractivity contribution in [1.29, 1.82) is 5.26 Å². The maximum Gasteiger partial charge on any atom is 0.488 e. The van der Waals surface area contributed by atoms with Gasteiger partial charge in [-0.05, 0) is 17.6 Å².